The number of quaternary nitrogens is 1. The summed E-state index contributed by atoms with van der Waals surface area (Å²) in [6.45, 7) is 1.34. The zero-order valence-electron chi connectivity index (χ0n) is 18.1. The summed E-state index contributed by atoms with van der Waals surface area (Å²) in [6, 6.07) is 16.1. The van der Waals surface area contributed by atoms with Crippen LogP contribution in [0.5, 0.6) is 0 Å². The van der Waals surface area contributed by atoms with Gasteiger partial charge in [0.2, 0.25) is 0 Å². The predicted molar refractivity (Wildman–Crippen MR) is 119 cm³/mol. The van der Waals surface area contributed by atoms with Crippen LogP contribution in [0.2, 0.25) is 0 Å². The normalized spacial score (nSPS) is 18.3. The van der Waals surface area contributed by atoms with Crippen molar-refractivity contribution in [3.8, 4) is 0 Å². The van der Waals surface area contributed by atoms with Gasteiger partial charge in [0, 0.05) is 38.3 Å². The van der Waals surface area contributed by atoms with Crippen LogP contribution in [0.3, 0.4) is 0 Å². The standard InChI is InChI=1S/C24H29N3O3/c1-25(2)15-8-16-27-21(17-11-13-19(14-12-17)26(3)4)20(23(29)24(27)30)22(28)18-9-6-5-7-10-18/h5-7,9-14,21,28H,8,15-16H2,1-4H3/p+1/t21-/m1/s1. The smallest absolute Gasteiger partial charge is 0.295 e. The summed E-state index contributed by atoms with van der Waals surface area (Å²) in [4.78, 5) is 30.7. The lowest BCUT2D eigenvalue weighted by molar-refractivity contribution is -0.858. The van der Waals surface area contributed by atoms with Crippen LogP contribution in [0, 0.1) is 0 Å². The van der Waals surface area contributed by atoms with Crippen LogP contribution in [0.15, 0.2) is 60.2 Å². The number of hydrogen-bond acceptors (Lipinski definition) is 4. The molecule has 30 heavy (non-hydrogen) atoms. The Bertz CT molecular complexity index is 934. The first-order valence-corrected chi connectivity index (χ1v) is 10.2. The van der Waals surface area contributed by atoms with Gasteiger partial charge in [0.25, 0.3) is 11.7 Å². The summed E-state index contributed by atoms with van der Waals surface area (Å²) < 4.78 is 0. The van der Waals surface area contributed by atoms with E-state index in [2.05, 4.69) is 14.1 Å². The number of anilines is 1. The quantitative estimate of drug-likeness (QED) is 0.416. The molecule has 158 valence electrons. The fourth-order valence-electron chi connectivity index (χ4n) is 3.77. The van der Waals surface area contributed by atoms with Gasteiger partial charge in [-0.15, -0.1) is 0 Å². The molecule has 0 unspecified atom stereocenters. The van der Waals surface area contributed by atoms with Crippen molar-refractivity contribution in [2.75, 3.05) is 46.2 Å². The van der Waals surface area contributed by atoms with Gasteiger partial charge in [-0.1, -0.05) is 42.5 Å². The molecule has 2 aromatic rings. The molecule has 6 nitrogen and oxygen atoms in total. The van der Waals surface area contributed by atoms with Gasteiger partial charge in [0.05, 0.1) is 32.3 Å². The molecule has 1 aliphatic heterocycles. The number of hydrogen-bond donors (Lipinski definition) is 2. The Morgan fingerprint density at radius 2 is 1.67 bits per heavy atom. The third-order valence-corrected chi connectivity index (χ3v) is 5.39. The second kappa shape index (κ2) is 9.13. The topological polar surface area (TPSA) is 65.3 Å². The Labute approximate surface area is 178 Å². The van der Waals surface area contributed by atoms with Crippen molar-refractivity contribution in [3.05, 3.63) is 71.3 Å². The Morgan fingerprint density at radius 3 is 2.23 bits per heavy atom. The fraction of sp³-hybridized carbons (Fsp3) is 0.333. The minimum Gasteiger partial charge on any atom is -0.507 e. The third-order valence-electron chi connectivity index (χ3n) is 5.39. The highest BCUT2D eigenvalue weighted by Crippen LogP contribution is 2.39. The lowest BCUT2D eigenvalue weighted by atomic mass is 9.95. The molecule has 1 heterocycles. The molecule has 1 saturated heterocycles. The van der Waals surface area contributed by atoms with Gasteiger partial charge in [-0.3, -0.25) is 9.59 Å². The molecule has 0 bridgehead atoms. The molecule has 3 rings (SSSR count). The second-order valence-corrected chi connectivity index (χ2v) is 8.16. The molecular formula is C24H30N3O3+. The second-order valence-electron chi connectivity index (χ2n) is 8.16. The van der Waals surface area contributed by atoms with E-state index in [-0.39, 0.29) is 11.3 Å². The SMILES string of the molecule is CN(C)c1ccc([C@@H]2C(=C(O)c3ccccc3)C(=O)C(=O)N2CCC[NH+](C)C)cc1. The number of ketones is 1. The molecule has 1 aliphatic rings. The van der Waals surface area contributed by atoms with Gasteiger partial charge in [0.15, 0.2) is 0 Å². The predicted octanol–water partition coefficient (Wildman–Crippen LogP) is 1.71. The highest BCUT2D eigenvalue weighted by Gasteiger charge is 2.45. The first-order chi connectivity index (χ1) is 14.3. The zero-order chi connectivity index (χ0) is 21.8. The van der Waals surface area contributed by atoms with E-state index >= 15 is 0 Å². The fourth-order valence-corrected chi connectivity index (χ4v) is 3.77. The molecular weight excluding hydrogens is 378 g/mol. The molecule has 0 aliphatic carbocycles. The third kappa shape index (κ3) is 4.39. The van der Waals surface area contributed by atoms with E-state index in [1.165, 1.54) is 4.90 Å². The van der Waals surface area contributed by atoms with E-state index in [1.54, 1.807) is 29.2 Å². The molecule has 2 N–H and O–H groups in total. The van der Waals surface area contributed by atoms with E-state index in [4.69, 9.17) is 0 Å². The molecule has 1 atom stereocenters. The van der Waals surface area contributed by atoms with E-state index in [0.29, 0.717) is 12.1 Å². The average Bonchev–Trinajstić information content (AvgIpc) is 2.98. The summed E-state index contributed by atoms with van der Waals surface area (Å²) in [5.74, 6) is -1.31. The van der Waals surface area contributed by atoms with Crippen molar-refractivity contribution < 1.29 is 19.6 Å². The maximum atomic E-state index is 13.0. The van der Waals surface area contributed by atoms with Gasteiger partial charge in [-0.2, -0.15) is 0 Å². The monoisotopic (exact) mass is 408 g/mol. The first kappa shape index (κ1) is 21.6. The maximum absolute atomic E-state index is 13.0. The lowest BCUT2D eigenvalue weighted by Crippen LogP contribution is -3.05. The summed E-state index contributed by atoms with van der Waals surface area (Å²) in [6.07, 6.45) is 0.771. The number of carbonyl (C=O) groups excluding carboxylic acids is 2. The lowest BCUT2D eigenvalue weighted by Gasteiger charge is -2.26. The summed E-state index contributed by atoms with van der Waals surface area (Å²) >= 11 is 0. The van der Waals surface area contributed by atoms with Crippen LogP contribution in [0.1, 0.15) is 23.6 Å². The number of Topliss-reactive ketones (excluding diaryl/α,β-unsaturated/α-hetero) is 1. The van der Waals surface area contributed by atoms with Gasteiger partial charge in [-0.25, -0.2) is 0 Å². The summed E-state index contributed by atoms with van der Waals surface area (Å²) in [5.41, 5.74) is 2.52. The zero-order valence-corrected chi connectivity index (χ0v) is 18.1. The molecule has 2 aromatic carbocycles. The minimum absolute atomic E-state index is 0.128. The Balaban J connectivity index is 2.07. The molecule has 0 aromatic heterocycles. The number of nitrogens with zero attached hydrogens (tertiary/aromatic N) is 2. The minimum atomic E-state index is -0.629. The highest BCUT2D eigenvalue weighted by molar-refractivity contribution is 6.46. The van der Waals surface area contributed by atoms with Crippen molar-refractivity contribution in [3.63, 3.8) is 0 Å². The van der Waals surface area contributed by atoms with Crippen LogP contribution < -0.4 is 9.80 Å². The van der Waals surface area contributed by atoms with Gasteiger partial charge >= 0.3 is 0 Å². The number of carbonyl (C=O) groups is 2. The van der Waals surface area contributed by atoms with Crippen molar-refractivity contribution in [2.24, 2.45) is 0 Å². The number of amides is 1. The van der Waals surface area contributed by atoms with Crippen molar-refractivity contribution >= 4 is 23.1 Å². The Hall–Kier alpha value is -3.12. The number of aliphatic hydroxyl groups excluding tert-OH is 1. The number of aliphatic hydroxyl groups is 1. The molecule has 0 radical (unpaired) electrons. The molecule has 0 saturated carbocycles. The average molecular weight is 409 g/mol. The van der Waals surface area contributed by atoms with Crippen LogP contribution in [-0.4, -0.2) is 63.0 Å². The number of likely N-dealkylation sites (tertiary alicyclic amines) is 1. The highest BCUT2D eigenvalue weighted by atomic mass is 16.3. The molecule has 1 fully saturated rings. The van der Waals surface area contributed by atoms with Crippen LogP contribution in [0.4, 0.5) is 5.69 Å². The van der Waals surface area contributed by atoms with Gasteiger partial charge < -0.3 is 19.8 Å². The maximum Gasteiger partial charge on any atom is 0.295 e. The van der Waals surface area contributed by atoms with Crippen molar-refractivity contribution in [1.29, 1.82) is 0 Å². The van der Waals surface area contributed by atoms with Crippen LogP contribution >= 0.6 is 0 Å². The van der Waals surface area contributed by atoms with Crippen molar-refractivity contribution in [1.82, 2.24) is 4.90 Å². The van der Waals surface area contributed by atoms with Crippen LogP contribution in [0.25, 0.3) is 5.76 Å². The van der Waals surface area contributed by atoms with E-state index in [9.17, 15) is 14.7 Å². The Kier molecular flexibility index (Phi) is 6.57. The largest absolute Gasteiger partial charge is 0.507 e. The summed E-state index contributed by atoms with van der Waals surface area (Å²) in [5, 5.41) is 11.0. The van der Waals surface area contributed by atoms with Gasteiger partial charge in [0.1, 0.15) is 5.76 Å². The number of nitrogens with one attached hydrogen (secondary N) is 1. The number of benzene rings is 2. The molecule has 1 amide bonds. The molecule has 6 heteroatoms. The van der Waals surface area contributed by atoms with Crippen molar-refractivity contribution in [2.45, 2.75) is 12.5 Å². The number of rotatable bonds is 7. The van der Waals surface area contributed by atoms with E-state index in [0.717, 1.165) is 24.2 Å². The van der Waals surface area contributed by atoms with E-state index < -0.39 is 17.7 Å². The van der Waals surface area contributed by atoms with Crippen LogP contribution in [-0.2, 0) is 9.59 Å². The summed E-state index contributed by atoms with van der Waals surface area (Å²) in [7, 11) is 8.03. The van der Waals surface area contributed by atoms with Gasteiger partial charge in [-0.05, 0) is 17.7 Å². The molecule has 0 spiro atoms. The van der Waals surface area contributed by atoms with E-state index in [1.807, 2.05) is 49.3 Å². The Morgan fingerprint density at radius 1 is 1.03 bits per heavy atom. The first-order valence-electron chi connectivity index (χ1n) is 10.2.